The number of benzene rings is 1. The Kier molecular flexibility index (Phi) is 9.37. The molecule has 4 bridgehead atoms. The molecular formula is C37H49N5O3S. The van der Waals surface area contributed by atoms with Gasteiger partial charge in [-0.05, 0) is 74.8 Å². The maximum atomic E-state index is 14.5. The van der Waals surface area contributed by atoms with E-state index in [1.165, 1.54) is 17.7 Å². The van der Waals surface area contributed by atoms with E-state index >= 15 is 0 Å². The smallest absolute Gasteiger partial charge is 0.284 e. The molecule has 5 rings (SSSR count). The lowest BCUT2D eigenvalue weighted by Gasteiger charge is -2.36. The van der Waals surface area contributed by atoms with Crippen LogP contribution < -0.4 is 9.80 Å². The number of nitrogens with zero attached hydrogens (tertiary/aromatic N) is 5. The lowest BCUT2D eigenvalue weighted by molar-refractivity contribution is 0.0871. The highest BCUT2D eigenvalue weighted by Gasteiger charge is 2.43. The van der Waals surface area contributed by atoms with E-state index in [0.717, 1.165) is 35.8 Å². The Labute approximate surface area is 275 Å². The molecule has 4 heterocycles. The van der Waals surface area contributed by atoms with Gasteiger partial charge in [0, 0.05) is 29.7 Å². The van der Waals surface area contributed by atoms with Crippen LogP contribution in [0.25, 0.3) is 0 Å². The number of fused-ring (bicyclic) bond motifs is 6. The molecule has 8 nitrogen and oxygen atoms in total. The van der Waals surface area contributed by atoms with Crippen molar-refractivity contribution in [1.82, 2.24) is 14.3 Å². The van der Waals surface area contributed by atoms with E-state index in [4.69, 9.17) is 9.97 Å². The average Bonchev–Trinajstić information content (AvgIpc) is 3.31. The summed E-state index contributed by atoms with van der Waals surface area (Å²) in [6.45, 7) is 20.0. The molecule has 246 valence electrons. The molecule has 0 saturated carbocycles. The summed E-state index contributed by atoms with van der Waals surface area (Å²) in [7, 11) is -4.36. The van der Waals surface area contributed by atoms with Gasteiger partial charge in [-0.25, -0.2) is 14.3 Å². The molecule has 1 aromatic carbocycles. The van der Waals surface area contributed by atoms with E-state index in [2.05, 4.69) is 89.1 Å². The third-order valence-corrected chi connectivity index (χ3v) is 10.8. The van der Waals surface area contributed by atoms with Crippen molar-refractivity contribution in [3.8, 4) is 0 Å². The van der Waals surface area contributed by atoms with Crippen molar-refractivity contribution in [1.29, 1.82) is 0 Å². The van der Waals surface area contributed by atoms with Crippen LogP contribution in [0.1, 0.15) is 95.4 Å². The molecular weight excluding hydrogens is 595 g/mol. The third-order valence-electron chi connectivity index (χ3n) is 9.14. The quantitative estimate of drug-likeness (QED) is 0.268. The molecule has 0 aliphatic carbocycles. The highest BCUT2D eigenvalue weighted by molar-refractivity contribution is 7.89. The van der Waals surface area contributed by atoms with Crippen LogP contribution in [0.2, 0.25) is 0 Å². The summed E-state index contributed by atoms with van der Waals surface area (Å²) in [5, 5.41) is -0.168. The first kappa shape index (κ1) is 33.6. The van der Waals surface area contributed by atoms with Crippen LogP contribution in [0.3, 0.4) is 0 Å². The van der Waals surface area contributed by atoms with Crippen molar-refractivity contribution in [3.63, 3.8) is 0 Å². The largest absolute Gasteiger partial charge is 0.351 e. The fraction of sp³-hybridized carbons (Fsp3) is 0.486. The standard InChI is InChI=1S/C37H49N5O3S/c1-9-22-42-35(43)29-19-21-31(36(4,5)6)38-34(29)41-25-27(23-37(41,7)8)18-20-30(28-14-11-10-12-15-28)40(24-26(2)3)32-16-13-17-33(39-32)46(42,44)45/h9-17,19,21,26-27,30H,1,18,20,22-25H2,2-8H3/t27-,30?/m0/s1. The van der Waals surface area contributed by atoms with E-state index < -0.39 is 15.9 Å². The summed E-state index contributed by atoms with van der Waals surface area (Å²) in [5.41, 5.74) is 1.72. The topological polar surface area (TPSA) is 86.7 Å². The number of amides is 1. The highest BCUT2D eigenvalue weighted by Crippen LogP contribution is 2.42. The van der Waals surface area contributed by atoms with Crippen LogP contribution in [0.5, 0.6) is 0 Å². The molecule has 1 amide bonds. The monoisotopic (exact) mass is 643 g/mol. The Hall–Kier alpha value is -3.72. The normalized spacial score (nSPS) is 21.5. The molecule has 3 aromatic rings. The van der Waals surface area contributed by atoms with E-state index in [1.54, 1.807) is 12.1 Å². The molecule has 2 aliphatic heterocycles. The van der Waals surface area contributed by atoms with Crippen molar-refractivity contribution < 1.29 is 13.2 Å². The Bertz CT molecular complexity index is 1680. The van der Waals surface area contributed by atoms with Gasteiger partial charge in [-0.15, -0.1) is 6.58 Å². The van der Waals surface area contributed by atoms with E-state index in [1.807, 2.05) is 18.2 Å². The zero-order valence-electron chi connectivity index (χ0n) is 28.4. The van der Waals surface area contributed by atoms with Gasteiger partial charge in [0.2, 0.25) is 0 Å². The molecule has 46 heavy (non-hydrogen) atoms. The zero-order chi connectivity index (χ0) is 33.4. The number of hydrogen-bond donors (Lipinski definition) is 0. The minimum atomic E-state index is -4.36. The number of carbonyl (C=O) groups excluding carboxylic acids is 1. The molecule has 1 unspecified atom stereocenters. The molecule has 1 saturated heterocycles. The Morgan fingerprint density at radius 3 is 2.37 bits per heavy atom. The van der Waals surface area contributed by atoms with Crippen LogP contribution in [-0.4, -0.2) is 53.8 Å². The molecule has 2 aromatic heterocycles. The summed E-state index contributed by atoms with van der Waals surface area (Å²) < 4.78 is 29.7. The maximum absolute atomic E-state index is 14.5. The summed E-state index contributed by atoms with van der Waals surface area (Å²) in [6, 6.07) is 19.1. The van der Waals surface area contributed by atoms with Gasteiger partial charge < -0.3 is 9.80 Å². The van der Waals surface area contributed by atoms with Gasteiger partial charge in [0.15, 0.2) is 5.03 Å². The van der Waals surface area contributed by atoms with Crippen molar-refractivity contribution in [2.24, 2.45) is 11.8 Å². The van der Waals surface area contributed by atoms with E-state index in [9.17, 15) is 13.2 Å². The summed E-state index contributed by atoms with van der Waals surface area (Å²) >= 11 is 0. The molecule has 0 spiro atoms. The molecule has 9 heteroatoms. The van der Waals surface area contributed by atoms with Gasteiger partial charge in [0.05, 0.1) is 18.2 Å². The Morgan fingerprint density at radius 1 is 1.00 bits per heavy atom. The fourth-order valence-corrected chi connectivity index (χ4v) is 8.20. The third kappa shape index (κ3) is 6.70. The minimum absolute atomic E-state index is 0.0137. The van der Waals surface area contributed by atoms with Crippen molar-refractivity contribution in [3.05, 3.63) is 90.1 Å². The predicted octanol–water partition coefficient (Wildman–Crippen LogP) is 7.39. The number of hydrogen-bond acceptors (Lipinski definition) is 7. The molecule has 1 fully saturated rings. The molecule has 0 N–H and O–H groups in total. The molecule has 2 atom stereocenters. The number of anilines is 2. The first-order chi connectivity index (χ1) is 21.6. The van der Waals surface area contributed by atoms with Crippen LogP contribution in [0.4, 0.5) is 11.6 Å². The first-order valence-corrected chi connectivity index (χ1v) is 17.8. The van der Waals surface area contributed by atoms with E-state index in [0.29, 0.717) is 30.0 Å². The lowest BCUT2D eigenvalue weighted by atomic mass is 9.89. The second-order valence-corrected chi connectivity index (χ2v) is 16.6. The lowest BCUT2D eigenvalue weighted by Crippen LogP contribution is -2.42. The van der Waals surface area contributed by atoms with E-state index in [-0.39, 0.29) is 34.1 Å². The van der Waals surface area contributed by atoms with Gasteiger partial charge in [-0.1, -0.05) is 77.1 Å². The summed E-state index contributed by atoms with van der Waals surface area (Å²) in [6.07, 6.45) is 4.19. The van der Waals surface area contributed by atoms with Crippen LogP contribution in [-0.2, 0) is 15.4 Å². The van der Waals surface area contributed by atoms with Gasteiger partial charge in [-0.3, -0.25) is 4.79 Å². The summed E-state index contributed by atoms with van der Waals surface area (Å²) in [5.74, 6) is 1.13. The molecule has 2 aliphatic rings. The maximum Gasteiger partial charge on any atom is 0.284 e. The SMILES string of the molecule is C=CCN1C(=O)c2ccc(C(C)(C)C)nc2N2C[C@@H](CCC(c3ccccc3)N(CC(C)C)c3cccc(n3)S1(=O)=O)CC2(C)C. The first-order valence-electron chi connectivity index (χ1n) is 16.4. The van der Waals surface area contributed by atoms with Crippen molar-refractivity contribution in [2.45, 2.75) is 89.8 Å². The van der Waals surface area contributed by atoms with Gasteiger partial charge in [0.1, 0.15) is 11.6 Å². The number of carbonyl (C=O) groups is 1. The summed E-state index contributed by atoms with van der Waals surface area (Å²) in [4.78, 5) is 28.8. The van der Waals surface area contributed by atoms with Crippen LogP contribution >= 0.6 is 0 Å². The molecule has 0 radical (unpaired) electrons. The zero-order valence-corrected chi connectivity index (χ0v) is 29.2. The minimum Gasteiger partial charge on any atom is -0.351 e. The van der Waals surface area contributed by atoms with Gasteiger partial charge in [0.25, 0.3) is 15.9 Å². The number of rotatable bonds is 5. The van der Waals surface area contributed by atoms with Gasteiger partial charge in [-0.2, -0.15) is 8.42 Å². The number of aromatic nitrogens is 2. The fourth-order valence-electron chi connectivity index (χ4n) is 6.90. The number of sulfonamides is 1. The average molecular weight is 644 g/mol. The van der Waals surface area contributed by atoms with Crippen molar-refractivity contribution >= 4 is 27.6 Å². The predicted molar refractivity (Wildman–Crippen MR) is 186 cm³/mol. The van der Waals surface area contributed by atoms with Crippen LogP contribution in [0.15, 0.2) is 78.3 Å². The second kappa shape index (κ2) is 12.8. The van der Waals surface area contributed by atoms with Crippen LogP contribution in [0, 0.1) is 11.8 Å². The van der Waals surface area contributed by atoms with Gasteiger partial charge >= 0.3 is 0 Å². The van der Waals surface area contributed by atoms with Crippen molar-refractivity contribution in [2.75, 3.05) is 29.4 Å². The second-order valence-electron chi connectivity index (χ2n) is 14.8. The highest BCUT2D eigenvalue weighted by atomic mass is 32.2. The number of pyridine rings is 2. The Balaban J connectivity index is 1.75. The Morgan fingerprint density at radius 2 is 1.72 bits per heavy atom.